The van der Waals surface area contributed by atoms with E-state index in [2.05, 4.69) is 10.1 Å². The smallest absolute Gasteiger partial charge is 0.387 e. The van der Waals surface area contributed by atoms with Gasteiger partial charge in [-0.25, -0.2) is 0 Å². The fourth-order valence-electron chi connectivity index (χ4n) is 2.66. The first-order valence-corrected chi connectivity index (χ1v) is 9.67. The number of hydrogen-bond donors (Lipinski definition) is 1. The summed E-state index contributed by atoms with van der Waals surface area (Å²) >= 11 is 12.0. The SMILES string of the molecule is CCCN(CC(=O)Nc1cc(Cl)ccc1Cl)C(=O)c1ccc(OC(F)F)c(OC)c1. The highest BCUT2D eigenvalue weighted by atomic mass is 35.5. The third-order valence-corrected chi connectivity index (χ3v) is 4.51. The van der Waals surface area contributed by atoms with Gasteiger partial charge in [-0.15, -0.1) is 0 Å². The van der Waals surface area contributed by atoms with Crippen molar-refractivity contribution in [2.75, 3.05) is 25.5 Å². The zero-order valence-corrected chi connectivity index (χ0v) is 17.8. The number of ether oxygens (including phenoxy) is 2. The van der Waals surface area contributed by atoms with E-state index in [1.54, 1.807) is 12.1 Å². The summed E-state index contributed by atoms with van der Waals surface area (Å²) in [6.45, 7) is -1.12. The van der Waals surface area contributed by atoms with E-state index in [-0.39, 0.29) is 23.6 Å². The van der Waals surface area contributed by atoms with Crippen molar-refractivity contribution >= 4 is 40.7 Å². The number of nitrogens with zero attached hydrogens (tertiary/aromatic N) is 1. The van der Waals surface area contributed by atoms with Gasteiger partial charge in [-0.3, -0.25) is 9.59 Å². The number of methoxy groups -OCH3 is 1. The van der Waals surface area contributed by atoms with Crippen LogP contribution in [0.25, 0.3) is 0 Å². The molecule has 6 nitrogen and oxygen atoms in total. The Morgan fingerprint density at radius 2 is 1.87 bits per heavy atom. The van der Waals surface area contributed by atoms with Crippen LogP contribution in [-0.4, -0.2) is 43.5 Å². The van der Waals surface area contributed by atoms with Crippen LogP contribution in [-0.2, 0) is 4.79 Å². The Kier molecular flexibility index (Phi) is 8.68. The molecule has 0 heterocycles. The number of carbonyl (C=O) groups is 2. The average Bonchev–Trinajstić information content (AvgIpc) is 2.69. The maximum atomic E-state index is 12.9. The molecule has 2 aromatic carbocycles. The van der Waals surface area contributed by atoms with Gasteiger partial charge in [-0.05, 0) is 42.8 Å². The maximum Gasteiger partial charge on any atom is 0.387 e. The van der Waals surface area contributed by atoms with E-state index in [0.29, 0.717) is 28.7 Å². The van der Waals surface area contributed by atoms with E-state index in [9.17, 15) is 18.4 Å². The molecule has 0 aliphatic rings. The molecule has 0 saturated heterocycles. The van der Waals surface area contributed by atoms with Gasteiger partial charge in [0.2, 0.25) is 5.91 Å². The van der Waals surface area contributed by atoms with Crippen LogP contribution in [0.2, 0.25) is 10.0 Å². The van der Waals surface area contributed by atoms with Crippen LogP contribution < -0.4 is 14.8 Å². The van der Waals surface area contributed by atoms with Gasteiger partial charge in [0.25, 0.3) is 5.91 Å². The number of anilines is 1. The van der Waals surface area contributed by atoms with E-state index < -0.39 is 18.4 Å². The molecule has 2 rings (SSSR count). The Labute approximate surface area is 182 Å². The fraction of sp³-hybridized carbons (Fsp3) is 0.300. The molecule has 0 saturated carbocycles. The number of nitrogens with one attached hydrogen (secondary N) is 1. The van der Waals surface area contributed by atoms with Crippen LogP contribution in [0.5, 0.6) is 11.5 Å². The summed E-state index contributed by atoms with van der Waals surface area (Å²) < 4.78 is 34.4. The Balaban J connectivity index is 2.17. The standard InChI is InChI=1S/C20H20Cl2F2N2O4/c1-3-8-26(11-18(27)25-15-10-13(21)5-6-14(15)22)19(28)12-4-7-16(30-20(23)24)17(9-12)29-2/h4-7,9-10,20H,3,8,11H2,1-2H3,(H,25,27). The first kappa shape index (κ1) is 23.7. The molecular formula is C20H20Cl2F2N2O4. The number of benzene rings is 2. The van der Waals surface area contributed by atoms with Crippen LogP contribution in [0, 0.1) is 0 Å². The van der Waals surface area contributed by atoms with Crippen molar-refractivity contribution in [3.63, 3.8) is 0 Å². The minimum absolute atomic E-state index is 0.0206. The normalized spacial score (nSPS) is 10.6. The second-order valence-corrected chi connectivity index (χ2v) is 6.99. The molecule has 2 aromatic rings. The molecule has 162 valence electrons. The molecule has 0 aliphatic carbocycles. The lowest BCUT2D eigenvalue weighted by Crippen LogP contribution is -2.38. The first-order valence-electron chi connectivity index (χ1n) is 8.92. The lowest BCUT2D eigenvalue weighted by Gasteiger charge is -2.22. The first-order chi connectivity index (χ1) is 14.2. The molecule has 0 atom stereocenters. The second kappa shape index (κ2) is 11.0. The third-order valence-electron chi connectivity index (χ3n) is 3.94. The molecule has 0 unspecified atom stereocenters. The van der Waals surface area contributed by atoms with Crippen LogP contribution in [0.3, 0.4) is 0 Å². The highest BCUT2D eigenvalue weighted by Crippen LogP contribution is 2.30. The summed E-state index contributed by atoms with van der Waals surface area (Å²) in [4.78, 5) is 26.7. The number of hydrogen-bond acceptors (Lipinski definition) is 4. The number of rotatable bonds is 9. The van der Waals surface area contributed by atoms with Crippen molar-refractivity contribution in [3.8, 4) is 11.5 Å². The topological polar surface area (TPSA) is 67.9 Å². The van der Waals surface area contributed by atoms with Gasteiger partial charge in [0, 0.05) is 17.1 Å². The molecule has 0 aromatic heterocycles. The van der Waals surface area contributed by atoms with E-state index in [0.717, 1.165) is 0 Å². The molecule has 0 fully saturated rings. The Hall–Kier alpha value is -2.58. The van der Waals surface area contributed by atoms with Gasteiger partial charge < -0.3 is 19.7 Å². The van der Waals surface area contributed by atoms with Crippen molar-refractivity contribution in [3.05, 3.63) is 52.0 Å². The van der Waals surface area contributed by atoms with Crippen molar-refractivity contribution in [2.45, 2.75) is 20.0 Å². The maximum absolute atomic E-state index is 12.9. The number of carbonyl (C=O) groups excluding carboxylic acids is 2. The molecule has 1 N–H and O–H groups in total. The molecule has 10 heteroatoms. The minimum atomic E-state index is -3.03. The predicted molar refractivity (Wildman–Crippen MR) is 111 cm³/mol. The molecule has 30 heavy (non-hydrogen) atoms. The van der Waals surface area contributed by atoms with Crippen LogP contribution >= 0.6 is 23.2 Å². The van der Waals surface area contributed by atoms with Gasteiger partial charge in [-0.1, -0.05) is 30.1 Å². The summed E-state index contributed by atoms with van der Waals surface area (Å²) in [5.74, 6) is -1.15. The van der Waals surface area contributed by atoms with E-state index in [4.69, 9.17) is 27.9 Å². The quantitative estimate of drug-likeness (QED) is 0.565. The van der Waals surface area contributed by atoms with Crippen molar-refractivity contribution < 1.29 is 27.8 Å². The summed E-state index contributed by atoms with van der Waals surface area (Å²) in [5, 5.41) is 3.33. The van der Waals surface area contributed by atoms with Crippen molar-refractivity contribution in [1.82, 2.24) is 4.90 Å². The molecule has 0 radical (unpaired) electrons. The molecular weight excluding hydrogens is 441 g/mol. The van der Waals surface area contributed by atoms with E-state index in [1.807, 2.05) is 6.92 Å². The third kappa shape index (κ3) is 6.47. The Morgan fingerprint density at radius 1 is 1.13 bits per heavy atom. The lowest BCUT2D eigenvalue weighted by atomic mass is 10.1. The molecule has 0 spiro atoms. The Bertz CT molecular complexity index is 912. The van der Waals surface area contributed by atoms with E-state index in [1.165, 1.54) is 36.3 Å². The van der Waals surface area contributed by atoms with Gasteiger partial charge in [0.1, 0.15) is 6.54 Å². The highest BCUT2D eigenvalue weighted by molar-refractivity contribution is 6.35. The highest BCUT2D eigenvalue weighted by Gasteiger charge is 2.21. The van der Waals surface area contributed by atoms with Crippen molar-refractivity contribution in [1.29, 1.82) is 0 Å². The number of alkyl halides is 2. The van der Waals surface area contributed by atoms with Gasteiger partial charge in [0.05, 0.1) is 17.8 Å². The monoisotopic (exact) mass is 460 g/mol. The van der Waals surface area contributed by atoms with Gasteiger partial charge >= 0.3 is 6.61 Å². The zero-order chi connectivity index (χ0) is 22.3. The lowest BCUT2D eigenvalue weighted by molar-refractivity contribution is -0.116. The van der Waals surface area contributed by atoms with Crippen LogP contribution in [0.4, 0.5) is 14.5 Å². The largest absolute Gasteiger partial charge is 0.493 e. The van der Waals surface area contributed by atoms with Crippen molar-refractivity contribution in [2.24, 2.45) is 0 Å². The predicted octanol–water partition coefficient (Wildman–Crippen LogP) is 5.09. The fourth-order valence-corrected chi connectivity index (χ4v) is 2.99. The molecule has 2 amide bonds. The summed E-state index contributed by atoms with van der Waals surface area (Å²) in [6.07, 6.45) is 0.598. The molecule has 0 aliphatic heterocycles. The van der Waals surface area contributed by atoms with E-state index >= 15 is 0 Å². The molecule has 0 bridgehead atoms. The van der Waals surface area contributed by atoms with Gasteiger partial charge in [0.15, 0.2) is 11.5 Å². The number of amides is 2. The zero-order valence-electron chi connectivity index (χ0n) is 16.3. The Morgan fingerprint density at radius 3 is 2.50 bits per heavy atom. The number of halogens is 4. The van der Waals surface area contributed by atoms with Crippen LogP contribution in [0.1, 0.15) is 23.7 Å². The minimum Gasteiger partial charge on any atom is -0.493 e. The summed E-state index contributed by atoms with van der Waals surface area (Å²) in [5.41, 5.74) is 0.490. The second-order valence-electron chi connectivity index (χ2n) is 6.14. The summed E-state index contributed by atoms with van der Waals surface area (Å²) in [7, 11) is 1.27. The van der Waals surface area contributed by atoms with Gasteiger partial charge in [-0.2, -0.15) is 8.78 Å². The van der Waals surface area contributed by atoms with Crippen LogP contribution in [0.15, 0.2) is 36.4 Å². The average molecular weight is 461 g/mol. The summed E-state index contributed by atoms with van der Waals surface area (Å²) in [6, 6.07) is 8.46.